The van der Waals surface area contributed by atoms with Crippen molar-refractivity contribution in [1.82, 2.24) is 25.3 Å². The lowest BCUT2D eigenvalue weighted by atomic mass is 10.0. The van der Waals surface area contributed by atoms with E-state index in [-0.39, 0.29) is 30.4 Å². The molecule has 0 rings (SSSR count). The molecular weight excluding hydrogens is 1160 g/mol. The number of carbonyl (C=O) groups is 2. The second kappa shape index (κ2) is 70.6. The lowest BCUT2D eigenvalue weighted by molar-refractivity contribution is -0.129. The molecule has 0 radical (unpaired) electrons. The first kappa shape index (κ1) is 88.8. The van der Waals surface area contributed by atoms with Crippen molar-refractivity contribution >= 4 is 33.4 Å². The van der Waals surface area contributed by atoms with Gasteiger partial charge >= 0.3 is 0 Å². The summed E-state index contributed by atoms with van der Waals surface area (Å²) in [5, 5.41) is 51.1. The molecule has 534 valence electrons. The molecule has 0 spiro atoms. The molecule has 0 bridgehead atoms. The van der Waals surface area contributed by atoms with Crippen molar-refractivity contribution in [1.29, 1.82) is 0 Å². The Balaban J connectivity index is 5.33. The number of aliphatic hydroxyl groups is 4. The maximum atomic E-state index is 13.6. The summed E-state index contributed by atoms with van der Waals surface area (Å²) in [5.74, 6) is 1.45. The highest BCUT2D eigenvalue weighted by atomic mass is 33.1. The molecule has 11 nitrogen and oxygen atoms in total. The van der Waals surface area contributed by atoms with Crippen LogP contribution in [-0.2, 0) is 9.59 Å². The van der Waals surface area contributed by atoms with Gasteiger partial charge in [-0.2, -0.15) is 0 Å². The Bertz CT molecular complexity index is 1470. The van der Waals surface area contributed by atoms with Crippen LogP contribution in [0, 0.1) is 0 Å². The average Bonchev–Trinajstić information content (AvgIpc) is 3.72. The molecule has 0 saturated heterocycles. The number of amides is 2. The van der Waals surface area contributed by atoms with Gasteiger partial charge in [-0.3, -0.25) is 19.4 Å². The predicted octanol–water partition coefficient (Wildman–Crippen LogP) is 19.3. The van der Waals surface area contributed by atoms with Crippen LogP contribution in [0.15, 0.2) is 24.3 Å². The van der Waals surface area contributed by atoms with Crippen LogP contribution in [0.5, 0.6) is 0 Å². The SMILES string of the molecule is CCCCCCCC/C=C\CCCCCCC(O)CN(CCCCSSCCC(NC(=O)CCCN(CC(O)CCCCCCCCCC)CC(O)CCCCCCCCCC)C(=O)NCCCN(C)C)CC(O)CCCCCC/C=C\CCCCCCCC. The lowest BCUT2D eigenvalue weighted by Crippen LogP contribution is -2.47. The number of aliphatic hydroxyl groups excluding tert-OH is 4. The third-order valence-electron chi connectivity index (χ3n) is 17.9. The van der Waals surface area contributed by atoms with Crippen LogP contribution in [0.25, 0.3) is 0 Å². The van der Waals surface area contributed by atoms with Gasteiger partial charge in [-0.05, 0) is 143 Å². The largest absolute Gasteiger partial charge is 0.392 e. The van der Waals surface area contributed by atoms with Crippen LogP contribution >= 0.6 is 21.6 Å². The Labute approximate surface area is 567 Å². The number of hydrogen-bond donors (Lipinski definition) is 6. The molecule has 2 amide bonds. The van der Waals surface area contributed by atoms with Crippen molar-refractivity contribution in [2.45, 2.75) is 379 Å². The number of carbonyl (C=O) groups excluding carboxylic acids is 2. The third kappa shape index (κ3) is 65.5. The molecule has 0 heterocycles. The van der Waals surface area contributed by atoms with Crippen molar-refractivity contribution in [3.05, 3.63) is 24.3 Å². The maximum absolute atomic E-state index is 13.6. The molecule has 0 aromatic heterocycles. The van der Waals surface area contributed by atoms with Crippen LogP contribution in [0.1, 0.15) is 349 Å². The number of unbranched alkanes of at least 4 members (excludes halogenated alkanes) is 35. The van der Waals surface area contributed by atoms with E-state index in [2.05, 4.69) is 77.3 Å². The molecule has 5 unspecified atom stereocenters. The zero-order chi connectivity index (χ0) is 65.9. The van der Waals surface area contributed by atoms with Crippen molar-refractivity contribution in [2.24, 2.45) is 0 Å². The first-order valence-corrected chi connectivity index (χ1v) is 41.4. The summed E-state index contributed by atoms with van der Waals surface area (Å²) < 4.78 is 0. The first-order valence-electron chi connectivity index (χ1n) is 38.9. The summed E-state index contributed by atoms with van der Waals surface area (Å²) in [4.78, 5) is 33.9. The van der Waals surface area contributed by atoms with E-state index in [1.807, 2.05) is 24.9 Å². The Hall–Kier alpha value is -1.16. The van der Waals surface area contributed by atoms with Crippen LogP contribution in [-0.4, -0.2) is 155 Å². The van der Waals surface area contributed by atoms with E-state index in [4.69, 9.17) is 0 Å². The molecule has 0 aliphatic carbocycles. The van der Waals surface area contributed by atoms with Gasteiger partial charge in [-0.1, -0.05) is 279 Å². The highest BCUT2D eigenvalue weighted by Crippen LogP contribution is 2.25. The van der Waals surface area contributed by atoms with E-state index in [9.17, 15) is 30.0 Å². The second-order valence-corrected chi connectivity index (χ2v) is 30.2. The van der Waals surface area contributed by atoms with Gasteiger partial charge in [0.25, 0.3) is 0 Å². The van der Waals surface area contributed by atoms with E-state index < -0.39 is 18.2 Å². The number of nitrogens with zero attached hydrogens (tertiary/aromatic N) is 3. The average molecular weight is 1310 g/mol. The zero-order valence-corrected chi connectivity index (χ0v) is 62.0. The number of rotatable bonds is 73. The Morgan fingerprint density at radius 3 is 1.04 bits per heavy atom. The Kier molecular flexibility index (Phi) is 69.7. The molecule has 0 aliphatic rings. The normalized spacial score (nSPS) is 13.8. The van der Waals surface area contributed by atoms with Crippen LogP contribution in [0.2, 0.25) is 0 Å². The van der Waals surface area contributed by atoms with Gasteiger partial charge < -0.3 is 36.0 Å². The minimum Gasteiger partial charge on any atom is -0.392 e. The summed E-state index contributed by atoms with van der Waals surface area (Å²) in [6, 6.07) is -0.613. The van der Waals surface area contributed by atoms with Crippen molar-refractivity contribution < 1.29 is 30.0 Å². The fraction of sp³-hybridized carbons (Fsp3) is 0.922. The quantitative estimate of drug-likeness (QED) is 0.0196. The van der Waals surface area contributed by atoms with E-state index in [1.54, 1.807) is 10.8 Å². The topological polar surface area (TPSA) is 149 Å². The van der Waals surface area contributed by atoms with Gasteiger partial charge in [0.2, 0.25) is 11.8 Å². The summed E-state index contributed by atoms with van der Waals surface area (Å²) in [7, 11) is 7.65. The number of nitrogens with one attached hydrogen (secondary N) is 2. The molecule has 0 aliphatic heterocycles. The Morgan fingerprint density at radius 1 is 0.367 bits per heavy atom. The van der Waals surface area contributed by atoms with Gasteiger partial charge in [-0.25, -0.2) is 0 Å². The maximum Gasteiger partial charge on any atom is 0.242 e. The van der Waals surface area contributed by atoms with E-state index in [1.165, 1.54) is 193 Å². The highest BCUT2D eigenvalue weighted by Gasteiger charge is 2.22. The highest BCUT2D eigenvalue weighted by molar-refractivity contribution is 8.76. The summed E-state index contributed by atoms with van der Waals surface area (Å²) in [6.45, 7) is 14.2. The zero-order valence-electron chi connectivity index (χ0n) is 60.4. The molecular formula is C77H153N5O6S2. The van der Waals surface area contributed by atoms with Crippen molar-refractivity contribution in [3.8, 4) is 0 Å². The molecule has 13 heteroatoms. The van der Waals surface area contributed by atoms with Crippen molar-refractivity contribution in [2.75, 3.05) is 78.0 Å². The Morgan fingerprint density at radius 2 is 0.689 bits per heavy atom. The predicted molar refractivity (Wildman–Crippen MR) is 397 cm³/mol. The van der Waals surface area contributed by atoms with Crippen LogP contribution in [0.4, 0.5) is 0 Å². The minimum absolute atomic E-state index is 0.129. The molecule has 0 aromatic rings. The monoisotopic (exact) mass is 1310 g/mol. The smallest absolute Gasteiger partial charge is 0.242 e. The first-order chi connectivity index (χ1) is 43.9. The van der Waals surface area contributed by atoms with Gasteiger partial charge in [0.15, 0.2) is 0 Å². The van der Waals surface area contributed by atoms with E-state index >= 15 is 0 Å². The van der Waals surface area contributed by atoms with Crippen LogP contribution in [0.3, 0.4) is 0 Å². The summed E-state index contributed by atoms with van der Waals surface area (Å²) >= 11 is 0. The molecule has 0 saturated carbocycles. The molecule has 0 aromatic carbocycles. The third-order valence-corrected chi connectivity index (χ3v) is 20.4. The van der Waals surface area contributed by atoms with Crippen LogP contribution < -0.4 is 10.6 Å². The molecule has 6 N–H and O–H groups in total. The summed E-state index contributed by atoms with van der Waals surface area (Å²) in [5.41, 5.74) is 0. The number of hydrogen-bond acceptors (Lipinski definition) is 11. The fourth-order valence-electron chi connectivity index (χ4n) is 12.2. The van der Waals surface area contributed by atoms with Gasteiger partial charge in [-0.15, -0.1) is 0 Å². The second-order valence-electron chi connectivity index (χ2n) is 27.5. The van der Waals surface area contributed by atoms with E-state index in [0.29, 0.717) is 52.1 Å². The van der Waals surface area contributed by atoms with Gasteiger partial charge in [0, 0.05) is 50.7 Å². The van der Waals surface area contributed by atoms with Gasteiger partial charge in [0.05, 0.1) is 24.4 Å². The minimum atomic E-state index is -0.613. The lowest BCUT2D eigenvalue weighted by Gasteiger charge is -2.27. The standard InChI is InChI=1S/C77H153N5O6S2/c1-7-11-15-19-23-27-29-31-33-35-37-41-45-49-55-71(83)67-81(68-72(84)56-50-46-42-38-36-34-32-30-28-24-20-16-12-8-2)63-51-52-65-89-90-66-60-75(77(88)78-61-54-62-80(5)6)79-76(87)59-53-64-82(69-73(85)57-47-43-39-25-21-17-13-9-3)70-74(86)58-48-44-40-26-22-18-14-10-4/h31-34,71-75,83-86H,7-30,35-70H2,1-6H3,(H,78,88)(H,79,87)/b33-31-,34-32-. The van der Waals surface area contributed by atoms with E-state index in [0.717, 1.165) is 134 Å². The van der Waals surface area contributed by atoms with Crippen molar-refractivity contribution in [3.63, 3.8) is 0 Å². The molecule has 0 fully saturated rings. The number of allylic oxidation sites excluding steroid dienone is 4. The molecule has 90 heavy (non-hydrogen) atoms. The summed E-state index contributed by atoms with van der Waals surface area (Å²) in [6.07, 6.45) is 65.1. The van der Waals surface area contributed by atoms with Gasteiger partial charge in [0.1, 0.15) is 6.04 Å². The fourth-order valence-corrected chi connectivity index (χ4v) is 14.4. The molecule has 5 atom stereocenters.